The van der Waals surface area contributed by atoms with Gasteiger partial charge in [-0.05, 0) is 47.5 Å². The largest absolute Gasteiger partial charge is 0.419 e. The molecule has 0 atom stereocenters. The van der Waals surface area contributed by atoms with Gasteiger partial charge in [-0.1, -0.05) is 29.8 Å². The minimum Gasteiger partial charge on any atom is -0.351 e. The molecule has 32 heavy (non-hydrogen) atoms. The molecule has 0 spiro atoms. The predicted molar refractivity (Wildman–Crippen MR) is 111 cm³/mol. The van der Waals surface area contributed by atoms with Gasteiger partial charge in [0.05, 0.1) is 22.0 Å². The molecular formula is C22H14ClF4N3O2. The van der Waals surface area contributed by atoms with Gasteiger partial charge < -0.3 is 11.1 Å². The van der Waals surface area contributed by atoms with E-state index in [9.17, 15) is 27.2 Å². The van der Waals surface area contributed by atoms with Crippen molar-refractivity contribution in [2.45, 2.75) is 12.7 Å². The van der Waals surface area contributed by atoms with Crippen LogP contribution in [0.25, 0.3) is 11.1 Å². The Hall–Kier alpha value is -3.59. The Balaban J connectivity index is 1.78. The number of halogens is 5. The molecule has 0 radical (unpaired) electrons. The fourth-order valence-electron chi connectivity index (χ4n) is 3.64. The van der Waals surface area contributed by atoms with E-state index in [0.29, 0.717) is 35.4 Å². The SMILES string of the molecule is NC(=O)N(c1ccc(-c2cccc3c2CNC3=O)c(Cl)c1)c1ccc(F)c(C(F)(F)F)c1. The van der Waals surface area contributed by atoms with Crippen molar-refractivity contribution in [3.05, 3.63) is 82.1 Å². The Bertz CT molecular complexity index is 1260. The number of amides is 3. The number of nitrogens with one attached hydrogen (secondary N) is 1. The lowest BCUT2D eigenvalue weighted by Gasteiger charge is -2.23. The number of benzene rings is 3. The number of hydrogen-bond acceptors (Lipinski definition) is 2. The van der Waals surface area contributed by atoms with Crippen LogP contribution < -0.4 is 16.0 Å². The van der Waals surface area contributed by atoms with Crippen LogP contribution in [0.4, 0.5) is 33.7 Å². The molecule has 10 heteroatoms. The average Bonchev–Trinajstić information content (AvgIpc) is 3.10. The van der Waals surface area contributed by atoms with E-state index in [-0.39, 0.29) is 22.3 Å². The van der Waals surface area contributed by atoms with Gasteiger partial charge in [0.2, 0.25) is 0 Å². The molecule has 0 unspecified atom stereocenters. The van der Waals surface area contributed by atoms with Crippen molar-refractivity contribution in [2.24, 2.45) is 5.73 Å². The Kier molecular flexibility index (Phi) is 5.29. The van der Waals surface area contributed by atoms with E-state index in [4.69, 9.17) is 17.3 Å². The first kappa shape index (κ1) is 21.6. The second-order valence-electron chi connectivity index (χ2n) is 7.01. The number of fused-ring (bicyclic) bond motifs is 1. The van der Waals surface area contributed by atoms with Gasteiger partial charge >= 0.3 is 12.2 Å². The van der Waals surface area contributed by atoms with E-state index < -0.39 is 23.6 Å². The summed E-state index contributed by atoms with van der Waals surface area (Å²) in [5.74, 6) is -1.67. The third-order valence-electron chi connectivity index (χ3n) is 5.08. The smallest absolute Gasteiger partial charge is 0.351 e. The Morgan fingerprint density at radius 1 is 1.00 bits per heavy atom. The van der Waals surface area contributed by atoms with Gasteiger partial charge in [0.15, 0.2) is 0 Å². The number of nitrogens with two attached hydrogens (primary N) is 1. The molecule has 4 rings (SSSR count). The summed E-state index contributed by atoms with van der Waals surface area (Å²) < 4.78 is 53.0. The average molecular weight is 464 g/mol. The summed E-state index contributed by atoms with van der Waals surface area (Å²) in [4.78, 5) is 24.8. The lowest BCUT2D eigenvalue weighted by atomic mass is 9.96. The van der Waals surface area contributed by atoms with Crippen LogP contribution in [-0.4, -0.2) is 11.9 Å². The first-order valence-corrected chi connectivity index (χ1v) is 9.62. The highest BCUT2D eigenvalue weighted by molar-refractivity contribution is 6.34. The Morgan fingerprint density at radius 2 is 1.66 bits per heavy atom. The fourth-order valence-corrected chi connectivity index (χ4v) is 3.92. The number of urea groups is 1. The third kappa shape index (κ3) is 3.75. The molecule has 3 amide bonds. The normalized spacial score (nSPS) is 13.0. The van der Waals surface area contributed by atoms with Crippen LogP contribution in [0.15, 0.2) is 54.6 Å². The van der Waals surface area contributed by atoms with Gasteiger partial charge in [-0.25, -0.2) is 9.18 Å². The summed E-state index contributed by atoms with van der Waals surface area (Å²) in [5, 5.41) is 2.91. The van der Waals surface area contributed by atoms with Gasteiger partial charge in [0.25, 0.3) is 5.91 Å². The van der Waals surface area contributed by atoms with E-state index in [2.05, 4.69) is 5.32 Å². The van der Waals surface area contributed by atoms with Crippen molar-refractivity contribution in [3.63, 3.8) is 0 Å². The summed E-state index contributed by atoms with van der Waals surface area (Å²) >= 11 is 6.44. The molecule has 5 nitrogen and oxygen atoms in total. The maximum Gasteiger partial charge on any atom is 0.419 e. The molecule has 3 N–H and O–H groups in total. The first-order valence-electron chi connectivity index (χ1n) is 9.24. The number of carbonyl (C=O) groups excluding carboxylic acids is 2. The van der Waals surface area contributed by atoms with Crippen molar-refractivity contribution >= 4 is 34.9 Å². The lowest BCUT2D eigenvalue weighted by Crippen LogP contribution is -2.31. The van der Waals surface area contributed by atoms with Crippen molar-refractivity contribution in [1.82, 2.24) is 5.32 Å². The van der Waals surface area contributed by atoms with Crippen molar-refractivity contribution < 1.29 is 27.2 Å². The maximum atomic E-state index is 13.7. The molecule has 0 aliphatic carbocycles. The van der Waals surface area contributed by atoms with Crippen LogP contribution in [-0.2, 0) is 12.7 Å². The number of nitrogens with zero attached hydrogens (tertiary/aromatic N) is 1. The number of anilines is 2. The number of carbonyl (C=O) groups is 2. The van der Waals surface area contributed by atoms with Crippen LogP contribution >= 0.6 is 11.6 Å². The van der Waals surface area contributed by atoms with E-state index in [1.807, 2.05) is 0 Å². The zero-order valence-corrected chi connectivity index (χ0v) is 16.9. The zero-order chi connectivity index (χ0) is 23.2. The van der Waals surface area contributed by atoms with Crippen LogP contribution in [0.5, 0.6) is 0 Å². The molecule has 164 valence electrons. The van der Waals surface area contributed by atoms with Crippen molar-refractivity contribution in [1.29, 1.82) is 0 Å². The summed E-state index contributed by atoms with van der Waals surface area (Å²) in [6.07, 6.45) is -4.95. The Morgan fingerprint density at radius 3 is 2.31 bits per heavy atom. The third-order valence-corrected chi connectivity index (χ3v) is 5.39. The summed E-state index contributed by atoms with van der Waals surface area (Å²) in [6.45, 7) is 0.325. The van der Waals surface area contributed by atoms with E-state index in [1.165, 1.54) is 12.1 Å². The molecule has 1 aliphatic rings. The standard InChI is InChI=1S/C22H14ClF4N3O2/c23-18-9-12(4-6-14(18)13-2-1-3-15-16(13)10-29-20(15)31)30(21(28)32)11-5-7-19(24)17(8-11)22(25,26)27/h1-9H,10H2,(H2,28,32)(H,29,31). The van der Waals surface area contributed by atoms with Crippen molar-refractivity contribution in [2.75, 3.05) is 4.90 Å². The van der Waals surface area contributed by atoms with E-state index in [1.54, 1.807) is 24.3 Å². The maximum absolute atomic E-state index is 13.7. The number of rotatable bonds is 3. The van der Waals surface area contributed by atoms with Crippen molar-refractivity contribution in [3.8, 4) is 11.1 Å². The van der Waals surface area contributed by atoms with Crippen LogP contribution in [0.1, 0.15) is 21.5 Å². The van der Waals surface area contributed by atoms with E-state index in [0.717, 1.165) is 16.5 Å². The number of alkyl halides is 3. The molecule has 3 aromatic carbocycles. The zero-order valence-electron chi connectivity index (χ0n) is 16.1. The molecule has 0 saturated carbocycles. The van der Waals surface area contributed by atoms with Gasteiger partial charge in [-0.15, -0.1) is 0 Å². The highest BCUT2D eigenvalue weighted by atomic mass is 35.5. The minimum absolute atomic E-state index is 0.0905. The highest BCUT2D eigenvalue weighted by Crippen LogP contribution is 2.39. The first-order chi connectivity index (χ1) is 15.1. The summed E-state index contributed by atoms with van der Waals surface area (Å²) in [6, 6.07) is 10.6. The van der Waals surface area contributed by atoms with Gasteiger partial charge in [-0.2, -0.15) is 13.2 Å². The number of primary amides is 1. The van der Waals surface area contributed by atoms with E-state index >= 15 is 0 Å². The second kappa shape index (κ2) is 7.83. The minimum atomic E-state index is -4.95. The van der Waals surface area contributed by atoms with Gasteiger partial charge in [0.1, 0.15) is 5.82 Å². The van der Waals surface area contributed by atoms with Crippen LogP contribution in [0.3, 0.4) is 0 Å². The molecule has 1 aliphatic heterocycles. The molecule has 0 aromatic heterocycles. The summed E-state index contributed by atoms with van der Waals surface area (Å²) in [7, 11) is 0. The molecule has 0 saturated heterocycles. The quantitative estimate of drug-likeness (QED) is 0.494. The Labute approximate surface area is 184 Å². The number of hydrogen-bond donors (Lipinski definition) is 2. The molecule has 3 aromatic rings. The highest BCUT2D eigenvalue weighted by Gasteiger charge is 2.35. The van der Waals surface area contributed by atoms with Gasteiger partial charge in [0, 0.05) is 17.7 Å². The predicted octanol–water partition coefficient (Wildman–Crippen LogP) is 5.63. The fraction of sp³-hybridized carbons (Fsp3) is 0.0909. The molecule has 0 fully saturated rings. The van der Waals surface area contributed by atoms with Crippen LogP contribution in [0.2, 0.25) is 5.02 Å². The molecule has 0 bridgehead atoms. The summed E-state index contributed by atoms with van der Waals surface area (Å²) in [5.41, 5.74) is 6.23. The monoisotopic (exact) mass is 463 g/mol. The topological polar surface area (TPSA) is 75.4 Å². The lowest BCUT2D eigenvalue weighted by molar-refractivity contribution is -0.139. The second-order valence-corrected chi connectivity index (χ2v) is 7.42. The molecular weight excluding hydrogens is 450 g/mol. The van der Waals surface area contributed by atoms with Gasteiger partial charge in [-0.3, -0.25) is 9.69 Å². The van der Waals surface area contributed by atoms with Crippen LogP contribution in [0, 0.1) is 5.82 Å². The molecule has 1 heterocycles.